The minimum Gasteiger partial charge on any atom is -0.278 e. The predicted octanol–water partition coefficient (Wildman–Crippen LogP) is 7.87. The molecule has 0 aliphatic heterocycles. The highest BCUT2D eigenvalue weighted by atomic mass is 15.1. The van der Waals surface area contributed by atoms with Crippen LogP contribution in [-0.4, -0.2) is 24.3 Å². The molecule has 0 fully saturated rings. The van der Waals surface area contributed by atoms with E-state index in [0.29, 0.717) is 0 Å². The first kappa shape index (κ1) is 26.1. The normalized spacial score (nSPS) is 13.1. The number of hydrogen-bond donors (Lipinski definition) is 0. The maximum Gasteiger partial charge on any atom is 0.150 e. The molecule has 34 heavy (non-hydrogen) atoms. The summed E-state index contributed by atoms with van der Waals surface area (Å²) in [6.07, 6.45) is 1.96. The first-order valence-corrected chi connectivity index (χ1v) is 12.6. The van der Waals surface area contributed by atoms with Gasteiger partial charge in [-0.25, -0.2) is 9.97 Å². The molecule has 4 aromatic rings. The highest BCUT2D eigenvalue weighted by Crippen LogP contribution is 2.36. The van der Waals surface area contributed by atoms with Gasteiger partial charge < -0.3 is 0 Å². The van der Waals surface area contributed by atoms with E-state index in [1.807, 2.05) is 20.0 Å². The molecule has 0 spiro atoms. The Hall–Kier alpha value is -2.56. The van der Waals surface area contributed by atoms with E-state index in [9.17, 15) is 0 Å². The highest BCUT2D eigenvalue weighted by Gasteiger charge is 2.28. The summed E-state index contributed by atoms with van der Waals surface area (Å²) >= 11 is 0. The fourth-order valence-electron chi connectivity index (χ4n) is 4.11. The van der Waals surface area contributed by atoms with Gasteiger partial charge in [-0.2, -0.15) is 0 Å². The Bertz CT molecular complexity index is 1340. The summed E-state index contributed by atoms with van der Waals surface area (Å²) in [4.78, 5) is 20.3. The summed E-state index contributed by atoms with van der Waals surface area (Å²) in [5, 5.41) is 1.05. The second-order valence-electron chi connectivity index (χ2n) is 12.5. The molecule has 0 aromatic carbocycles. The Morgan fingerprint density at radius 2 is 1.26 bits per heavy atom. The Morgan fingerprint density at radius 3 is 1.76 bits per heavy atom. The van der Waals surface area contributed by atoms with Gasteiger partial charge in [0, 0.05) is 27.6 Å². The van der Waals surface area contributed by atoms with Gasteiger partial charge in [0.1, 0.15) is 5.82 Å². The van der Waals surface area contributed by atoms with Crippen LogP contribution >= 0.6 is 0 Å². The highest BCUT2D eigenvalue weighted by molar-refractivity contribution is 5.98. The summed E-state index contributed by atoms with van der Waals surface area (Å²) < 4.78 is 2.21. The first-order valence-electron chi connectivity index (χ1n) is 12.6. The van der Waals surface area contributed by atoms with Crippen molar-refractivity contribution in [3.05, 3.63) is 41.2 Å². The SMILES string of the molecule is CC.CC(C)c1nc(C(C)(C)C)cc2nc(C(C)(C)C)n3c4cnc(C(C)(C)C)cc4nc3c12. The Labute approximate surface area is 205 Å². The molecule has 0 unspecified atom stereocenters. The van der Waals surface area contributed by atoms with Crippen molar-refractivity contribution in [3.63, 3.8) is 0 Å². The van der Waals surface area contributed by atoms with Crippen molar-refractivity contribution >= 4 is 27.6 Å². The molecule has 0 radical (unpaired) electrons. The number of hydrogen-bond acceptors (Lipinski definition) is 4. The van der Waals surface area contributed by atoms with Crippen LogP contribution in [0.2, 0.25) is 0 Å². The van der Waals surface area contributed by atoms with E-state index >= 15 is 0 Å². The molecule has 0 amide bonds. The van der Waals surface area contributed by atoms with Gasteiger partial charge in [0.2, 0.25) is 0 Å². The quantitative estimate of drug-likeness (QED) is 0.289. The van der Waals surface area contributed by atoms with Crippen LogP contribution in [0.15, 0.2) is 18.3 Å². The molecule has 0 bridgehead atoms. The first-order chi connectivity index (χ1) is 15.6. The van der Waals surface area contributed by atoms with Gasteiger partial charge in [-0.05, 0) is 18.1 Å². The summed E-state index contributed by atoms with van der Waals surface area (Å²) in [6, 6.07) is 4.29. The number of pyridine rings is 2. The maximum absolute atomic E-state index is 5.24. The molecule has 0 saturated heterocycles. The molecule has 0 aliphatic carbocycles. The van der Waals surface area contributed by atoms with Crippen LogP contribution in [0.1, 0.15) is 119 Å². The molecule has 5 nitrogen and oxygen atoms in total. The van der Waals surface area contributed by atoms with Crippen molar-refractivity contribution in [2.75, 3.05) is 0 Å². The fraction of sp³-hybridized carbons (Fsp3) is 0.586. The summed E-state index contributed by atoms with van der Waals surface area (Å²) in [6.45, 7) is 28.2. The molecule has 4 heterocycles. The van der Waals surface area contributed by atoms with E-state index in [1.54, 1.807) is 0 Å². The van der Waals surface area contributed by atoms with E-state index < -0.39 is 0 Å². The van der Waals surface area contributed by atoms with Crippen molar-refractivity contribution < 1.29 is 0 Å². The molecule has 4 aromatic heterocycles. The van der Waals surface area contributed by atoms with E-state index in [1.165, 1.54) is 0 Å². The van der Waals surface area contributed by atoms with Gasteiger partial charge >= 0.3 is 0 Å². The second-order valence-corrected chi connectivity index (χ2v) is 12.5. The zero-order valence-electron chi connectivity index (χ0n) is 23.5. The molecule has 0 saturated carbocycles. The number of rotatable bonds is 1. The number of nitrogens with zero attached hydrogens (tertiary/aromatic N) is 5. The number of fused-ring (bicyclic) bond motifs is 5. The van der Waals surface area contributed by atoms with Crippen LogP contribution in [0.5, 0.6) is 0 Å². The molecule has 0 aliphatic rings. The summed E-state index contributed by atoms with van der Waals surface area (Å²) in [5.41, 5.74) is 6.78. The topological polar surface area (TPSA) is 56.0 Å². The molecule has 0 N–H and O–H groups in total. The van der Waals surface area contributed by atoms with E-state index in [4.69, 9.17) is 19.9 Å². The van der Waals surface area contributed by atoms with Crippen LogP contribution in [0.3, 0.4) is 0 Å². The lowest BCUT2D eigenvalue weighted by Gasteiger charge is -2.24. The standard InChI is InChI=1S/C27H37N5.C2H6/c1-15(2)22-21-17(13-20(31-22)26(6,7)8)30-24(27(9,10)11)32-18-14-28-19(25(3,4)5)12-16(18)29-23(21)32;1-2/h12-15H,1-11H3;1-2H3. The van der Waals surface area contributed by atoms with E-state index in [2.05, 4.69) is 92.7 Å². The smallest absolute Gasteiger partial charge is 0.150 e. The average Bonchev–Trinajstić information content (AvgIpc) is 3.10. The van der Waals surface area contributed by atoms with Gasteiger partial charge in [-0.1, -0.05) is 90.0 Å². The molecular weight excluding hydrogens is 418 g/mol. The monoisotopic (exact) mass is 461 g/mol. The third-order valence-corrected chi connectivity index (χ3v) is 5.98. The number of aromatic nitrogens is 5. The zero-order valence-corrected chi connectivity index (χ0v) is 23.5. The van der Waals surface area contributed by atoms with Crippen LogP contribution in [0.4, 0.5) is 0 Å². The Morgan fingerprint density at radius 1 is 0.706 bits per heavy atom. The predicted molar refractivity (Wildman–Crippen MR) is 145 cm³/mol. The third-order valence-electron chi connectivity index (χ3n) is 5.98. The van der Waals surface area contributed by atoms with Gasteiger partial charge in [0.15, 0.2) is 5.65 Å². The summed E-state index contributed by atoms with van der Waals surface area (Å²) in [5.74, 6) is 1.25. The van der Waals surface area contributed by atoms with Crippen LogP contribution < -0.4 is 0 Å². The lowest BCUT2D eigenvalue weighted by atomic mass is 9.89. The van der Waals surface area contributed by atoms with Gasteiger partial charge in [0.25, 0.3) is 0 Å². The Kier molecular flexibility index (Phi) is 6.58. The van der Waals surface area contributed by atoms with E-state index in [0.717, 1.165) is 50.5 Å². The van der Waals surface area contributed by atoms with Gasteiger partial charge in [-0.3, -0.25) is 14.4 Å². The van der Waals surface area contributed by atoms with Crippen LogP contribution in [0.25, 0.3) is 27.6 Å². The van der Waals surface area contributed by atoms with Crippen molar-refractivity contribution in [2.24, 2.45) is 0 Å². The molecule has 0 atom stereocenters. The Balaban J connectivity index is 0.00000158. The molecule has 184 valence electrons. The van der Waals surface area contributed by atoms with Gasteiger partial charge in [0.05, 0.1) is 33.8 Å². The summed E-state index contributed by atoms with van der Waals surface area (Å²) in [7, 11) is 0. The molecule has 4 rings (SSSR count). The van der Waals surface area contributed by atoms with Crippen molar-refractivity contribution in [3.8, 4) is 0 Å². The maximum atomic E-state index is 5.24. The molecule has 5 heteroatoms. The van der Waals surface area contributed by atoms with Crippen molar-refractivity contribution in [2.45, 2.75) is 112 Å². The van der Waals surface area contributed by atoms with Crippen molar-refractivity contribution in [1.29, 1.82) is 0 Å². The molecular formula is C29H43N5. The lowest BCUT2D eigenvalue weighted by Crippen LogP contribution is -2.21. The second kappa shape index (κ2) is 8.58. The minimum atomic E-state index is -0.161. The van der Waals surface area contributed by atoms with Crippen LogP contribution in [0, 0.1) is 0 Å². The van der Waals surface area contributed by atoms with E-state index in [-0.39, 0.29) is 22.2 Å². The lowest BCUT2D eigenvalue weighted by molar-refractivity contribution is 0.541. The average molecular weight is 462 g/mol. The van der Waals surface area contributed by atoms with Gasteiger partial charge in [-0.15, -0.1) is 0 Å². The third kappa shape index (κ3) is 4.54. The fourth-order valence-corrected chi connectivity index (χ4v) is 4.11. The number of imidazole rings is 1. The minimum absolute atomic E-state index is 0.0383. The van der Waals surface area contributed by atoms with Crippen LogP contribution in [-0.2, 0) is 16.2 Å². The largest absolute Gasteiger partial charge is 0.278 e. The zero-order chi connectivity index (χ0) is 25.8. The van der Waals surface area contributed by atoms with Crippen molar-refractivity contribution in [1.82, 2.24) is 24.3 Å².